The minimum Gasteiger partial charge on any atom is -0.389 e. The Morgan fingerprint density at radius 2 is 2.09 bits per heavy atom. The zero-order chi connectivity index (χ0) is 16.4. The second kappa shape index (κ2) is 10.3. The van der Waals surface area contributed by atoms with Gasteiger partial charge in [-0.25, -0.2) is 4.39 Å². The molecular weight excluding hydrogens is 281 g/mol. The molecule has 22 heavy (non-hydrogen) atoms. The van der Waals surface area contributed by atoms with E-state index in [1.807, 2.05) is 6.07 Å². The predicted octanol–water partition coefficient (Wildman–Crippen LogP) is 2.68. The smallest absolute Gasteiger partial charge is 0.127 e. The van der Waals surface area contributed by atoms with Crippen molar-refractivity contribution in [1.82, 2.24) is 4.90 Å². The first-order valence-electron chi connectivity index (χ1n) is 7.68. The van der Waals surface area contributed by atoms with E-state index in [-0.39, 0.29) is 19.0 Å². The van der Waals surface area contributed by atoms with Crippen molar-refractivity contribution in [3.8, 4) is 12.3 Å². The molecule has 0 unspecified atom stereocenters. The maximum Gasteiger partial charge on any atom is 0.127 e. The van der Waals surface area contributed by atoms with Crippen LogP contribution in [0.2, 0.25) is 0 Å². The molecule has 0 aliphatic carbocycles. The number of rotatable bonds is 10. The standard InChI is InChI=1S/C18H26FNO2/c1-4-11-22-14-17(21)13-20(10-9-15(2)3)12-16-7-5-6-8-18(16)19/h1,5-8,15,17,21H,9-14H2,2-3H3/t17-/m0/s1. The zero-order valence-electron chi connectivity index (χ0n) is 13.5. The molecule has 122 valence electrons. The maximum atomic E-state index is 13.8. The number of benzene rings is 1. The highest BCUT2D eigenvalue weighted by Crippen LogP contribution is 2.12. The molecule has 0 fully saturated rings. The monoisotopic (exact) mass is 307 g/mol. The van der Waals surface area contributed by atoms with Crippen molar-refractivity contribution in [1.29, 1.82) is 0 Å². The third kappa shape index (κ3) is 7.56. The van der Waals surface area contributed by atoms with Crippen molar-refractivity contribution in [2.45, 2.75) is 32.9 Å². The summed E-state index contributed by atoms with van der Waals surface area (Å²) in [5, 5.41) is 10.0. The first-order valence-corrected chi connectivity index (χ1v) is 7.68. The lowest BCUT2D eigenvalue weighted by Crippen LogP contribution is -2.36. The van der Waals surface area contributed by atoms with Crippen molar-refractivity contribution < 1.29 is 14.2 Å². The van der Waals surface area contributed by atoms with Crippen LogP contribution in [0, 0.1) is 24.1 Å². The molecule has 1 N–H and O–H groups in total. The van der Waals surface area contributed by atoms with Gasteiger partial charge in [-0.2, -0.15) is 0 Å². The lowest BCUT2D eigenvalue weighted by Gasteiger charge is -2.26. The molecule has 0 amide bonds. The lowest BCUT2D eigenvalue weighted by atomic mass is 10.1. The number of halogens is 1. The van der Waals surface area contributed by atoms with Gasteiger partial charge in [-0.05, 0) is 24.9 Å². The number of aliphatic hydroxyl groups excluding tert-OH is 1. The van der Waals surface area contributed by atoms with Gasteiger partial charge in [0, 0.05) is 18.7 Å². The molecule has 0 saturated heterocycles. The summed E-state index contributed by atoms with van der Waals surface area (Å²) in [6.07, 6.45) is 5.47. The molecule has 0 aliphatic rings. The molecule has 0 aromatic heterocycles. The molecule has 1 atom stereocenters. The van der Waals surface area contributed by atoms with E-state index in [2.05, 4.69) is 24.7 Å². The van der Waals surface area contributed by atoms with Crippen LogP contribution in [0.5, 0.6) is 0 Å². The summed E-state index contributed by atoms with van der Waals surface area (Å²) < 4.78 is 19.0. The van der Waals surface area contributed by atoms with Gasteiger partial charge in [-0.15, -0.1) is 6.42 Å². The largest absolute Gasteiger partial charge is 0.389 e. The Hall–Kier alpha value is -1.41. The fourth-order valence-electron chi connectivity index (χ4n) is 2.15. The van der Waals surface area contributed by atoms with E-state index in [4.69, 9.17) is 11.2 Å². The first kappa shape index (κ1) is 18.6. The third-order valence-corrected chi connectivity index (χ3v) is 3.34. The van der Waals surface area contributed by atoms with E-state index in [0.29, 0.717) is 24.6 Å². The topological polar surface area (TPSA) is 32.7 Å². The van der Waals surface area contributed by atoms with Gasteiger partial charge < -0.3 is 9.84 Å². The molecule has 0 radical (unpaired) electrons. The molecule has 1 rings (SSSR count). The third-order valence-electron chi connectivity index (χ3n) is 3.34. The van der Waals surface area contributed by atoms with E-state index < -0.39 is 6.10 Å². The minimum atomic E-state index is -0.632. The maximum absolute atomic E-state index is 13.8. The Morgan fingerprint density at radius 3 is 2.73 bits per heavy atom. The molecule has 0 spiro atoms. The van der Waals surface area contributed by atoms with Gasteiger partial charge in [0.15, 0.2) is 0 Å². The van der Waals surface area contributed by atoms with Crippen LogP contribution in [0.3, 0.4) is 0 Å². The van der Waals surface area contributed by atoms with Crippen LogP contribution in [0.4, 0.5) is 4.39 Å². The predicted molar refractivity (Wildman–Crippen MR) is 86.8 cm³/mol. The van der Waals surface area contributed by atoms with Crippen molar-refractivity contribution in [2.75, 3.05) is 26.3 Å². The molecule has 0 heterocycles. The van der Waals surface area contributed by atoms with Gasteiger partial charge in [-0.3, -0.25) is 4.90 Å². The van der Waals surface area contributed by atoms with Crippen LogP contribution in [0.15, 0.2) is 24.3 Å². The van der Waals surface area contributed by atoms with E-state index in [0.717, 1.165) is 13.0 Å². The number of nitrogens with zero attached hydrogens (tertiary/aromatic N) is 1. The normalized spacial score (nSPS) is 12.6. The van der Waals surface area contributed by atoms with Crippen molar-refractivity contribution in [2.24, 2.45) is 5.92 Å². The number of ether oxygens (including phenoxy) is 1. The van der Waals surface area contributed by atoms with E-state index in [9.17, 15) is 9.50 Å². The van der Waals surface area contributed by atoms with Crippen LogP contribution in [-0.2, 0) is 11.3 Å². The summed E-state index contributed by atoms with van der Waals surface area (Å²) in [5.74, 6) is 2.71. The Kier molecular flexibility index (Phi) is 8.76. The molecule has 3 nitrogen and oxygen atoms in total. The summed E-state index contributed by atoms with van der Waals surface area (Å²) in [7, 11) is 0. The SMILES string of the molecule is C#CCOC[C@@H](O)CN(CCC(C)C)Cc1ccccc1F. The second-order valence-electron chi connectivity index (χ2n) is 5.88. The van der Waals surface area contributed by atoms with Crippen LogP contribution in [0.1, 0.15) is 25.8 Å². The average molecular weight is 307 g/mol. The highest BCUT2D eigenvalue weighted by Gasteiger charge is 2.14. The van der Waals surface area contributed by atoms with Crippen LogP contribution < -0.4 is 0 Å². The molecule has 0 aliphatic heterocycles. The highest BCUT2D eigenvalue weighted by atomic mass is 19.1. The Bertz CT molecular complexity index is 470. The highest BCUT2D eigenvalue weighted by molar-refractivity contribution is 5.17. The second-order valence-corrected chi connectivity index (χ2v) is 5.88. The van der Waals surface area contributed by atoms with Gasteiger partial charge in [0.2, 0.25) is 0 Å². The van der Waals surface area contributed by atoms with Crippen LogP contribution >= 0.6 is 0 Å². The number of aliphatic hydroxyl groups is 1. The Balaban J connectivity index is 2.59. The fraction of sp³-hybridized carbons (Fsp3) is 0.556. The minimum absolute atomic E-state index is 0.191. The molecular formula is C18H26FNO2. The van der Waals surface area contributed by atoms with Crippen molar-refractivity contribution >= 4 is 0 Å². The van der Waals surface area contributed by atoms with E-state index >= 15 is 0 Å². The van der Waals surface area contributed by atoms with Crippen LogP contribution in [-0.4, -0.2) is 42.4 Å². The number of hydrogen-bond acceptors (Lipinski definition) is 3. The number of hydrogen-bond donors (Lipinski definition) is 1. The Labute approximate surface area is 133 Å². The molecule has 1 aromatic carbocycles. The summed E-state index contributed by atoms with van der Waals surface area (Å²) in [6.45, 7) is 6.40. The van der Waals surface area contributed by atoms with Gasteiger partial charge in [0.1, 0.15) is 12.4 Å². The van der Waals surface area contributed by atoms with Gasteiger partial charge in [0.05, 0.1) is 12.7 Å². The molecule has 0 bridgehead atoms. The van der Waals surface area contributed by atoms with E-state index in [1.165, 1.54) is 6.07 Å². The summed E-state index contributed by atoms with van der Waals surface area (Å²) in [6, 6.07) is 6.74. The fourth-order valence-corrected chi connectivity index (χ4v) is 2.15. The molecule has 4 heteroatoms. The van der Waals surface area contributed by atoms with Gasteiger partial charge in [-0.1, -0.05) is 38.0 Å². The average Bonchev–Trinajstić information content (AvgIpc) is 2.47. The molecule has 0 saturated carbocycles. The van der Waals surface area contributed by atoms with Gasteiger partial charge >= 0.3 is 0 Å². The quantitative estimate of drug-likeness (QED) is 0.533. The zero-order valence-corrected chi connectivity index (χ0v) is 13.5. The van der Waals surface area contributed by atoms with Crippen LogP contribution in [0.25, 0.3) is 0 Å². The first-order chi connectivity index (χ1) is 10.5. The summed E-state index contributed by atoms with van der Waals surface area (Å²) in [4.78, 5) is 2.06. The summed E-state index contributed by atoms with van der Waals surface area (Å²) >= 11 is 0. The number of terminal acetylenes is 1. The Morgan fingerprint density at radius 1 is 1.36 bits per heavy atom. The van der Waals surface area contributed by atoms with Crippen molar-refractivity contribution in [3.05, 3.63) is 35.6 Å². The lowest BCUT2D eigenvalue weighted by molar-refractivity contribution is 0.0250. The van der Waals surface area contributed by atoms with E-state index in [1.54, 1.807) is 12.1 Å². The summed E-state index contributed by atoms with van der Waals surface area (Å²) in [5.41, 5.74) is 0.642. The van der Waals surface area contributed by atoms with Crippen molar-refractivity contribution in [3.63, 3.8) is 0 Å². The van der Waals surface area contributed by atoms with Gasteiger partial charge in [0.25, 0.3) is 0 Å². The molecule has 1 aromatic rings.